The van der Waals surface area contributed by atoms with E-state index in [1.165, 1.54) is 12.1 Å². The van der Waals surface area contributed by atoms with Gasteiger partial charge in [-0.1, -0.05) is 6.07 Å². The molecule has 1 unspecified atom stereocenters. The van der Waals surface area contributed by atoms with E-state index in [1.807, 2.05) is 0 Å². The smallest absolute Gasteiger partial charge is 0.393 e. The fourth-order valence-corrected chi connectivity index (χ4v) is 1.65. The predicted octanol–water partition coefficient (Wildman–Crippen LogP) is 3.01. The molecule has 0 aliphatic heterocycles. The van der Waals surface area contributed by atoms with Crippen molar-refractivity contribution in [3.05, 3.63) is 35.1 Å². The van der Waals surface area contributed by atoms with Crippen LogP contribution in [-0.4, -0.2) is 30.6 Å². The summed E-state index contributed by atoms with van der Waals surface area (Å²) < 4.78 is 52.7. The van der Waals surface area contributed by atoms with Gasteiger partial charge in [0.05, 0.1) is 6.10 Å². The minimum absolute atomic E-state index is 0.104. The predicted molar refractivity (Wildman–Crippen MR) is 62.3 cm³/mol. The summed E-state index contributed by atoms with van der Waals surface area (Å²) in [6, 6.07) is 4.20. The molecule has 1 aromatic rings. The number of hydrogen-bond donors (Lipinski definition) is 1. The summed E-state index contributed by atoms with van der Waals surface area (Å²) >= 11 is 0. The highest BCUT2D eigenvalue weighted by molar-refractivity contribution is 5.27. The quantitative estimate of drug-likeness (QED) is 0.641. The zero-order valence-corrected chi connectivity index (χ0v) is 10.5. The molecule has 0 aromatic heterocycles. The molecule has 0 bridgehead atoms. The Morgan fingerprint density at radius 3 is 2.58 bits per heavy atom. The van der Waals surface area contributed by atoms with Gasteiger partial charge in [0.1, 0.15) is 12.4 Å². The van der Waals surface area contributed by atoms with Crippen molar-refractivity contribution in [3.63, 3.8) is 0 Å². The number of benzene rings is 1. The number of ether oxygens (including phenoxy) is 1. The van der Waals surface area contributed by atoms with Crippen molar-refractivity contribution in [3.8, 4) is 0 Å². The average Bonchev–Trinajstić information content (AvgIpc) is 2.27. The van der Waals surface area contributed by atoms with E-state index >= 15 is 0 Å². The molecule has 0 aliphatic rings. The molecular weight excluding hydrogens is 264 g/mol. The molecule has 108 valence electrons. The molecule has 2 nitrogen and oxygen atoms in total. The van der Waals surface area contributed by atoms with Gasteiger partial charge in [0, 0.05) is 6.61 Å². The Balaban J connectivity index is 2.33. The second kappa shape index (κ2) is 6.86. The zero-order valence-electron chi connectivity index (χ0n) is 10.5. The minimum Gasteiger partial charge on any atom is -0.393 e. The Kier molecular flexibility index (Phi) is 5.75. The van der Waals surface area contributed by atoms with E-state index in [9.17, 15) is 22.7 Å². The minimum atomic E-state index is -4.35. The summed E-state index contributed by atoms with van der Waals surface area (Å²) in [5.74, 6) is -0.357. The summed E-state index contributed by atoms with van der Waals surface area (Å²) in [5.41, 5.74) is 1.47. The number of aryl methyl sites for hydroxylation is 1. The third-order valence-electron chi connectivity index (χ3n) is 2.62. The van der Waals surface area contributed by atoms with Crippen molar-refractivity contribution in [2.24, 2.45) is 0 Å². The number of aliphatic hydroxyl groups is 1. The van der Waals surface area contributed by atoms with Crippen molar-refractivity contribution in [1.29, 1.82) is 0 Å². The fourth-order valence-electron chi connectivity index (χ4n) is 1.65. The topological polar surface area (TPSA) is 29.5 Å². The molecule has 1 rings (SSSR count). The molecule has 0 radical (unpaired) electrons. The van der Waals surface area contributed by atoms with Crippen LogP contribution in [0.5, 0.6) is 0 Å². The van der Waals surface area contributed by atoms with E-state index in [1.54, 1.807) is 13.0 Å². The summed E-state index contributed by atoms with van der Waals surface area (Å²) in [6.45, 7) is 0.238. The first-order valence-corrected chi connectivity index (χ1v) is 5.85. The molecule has 0 heterocycles. The van der Waals surface area contributed by atoms with E-state index in [-0.39, 0.29) is 25.3 Å². The van der Waals surface area contributed by atoms with Crippen LogP contribution in [0.4, 0.5) is 17.6 Å². The second-order valence-corrected chi connectivity index (χ2v) is 4.39. The molecule has 0 amide bonds. The first-order valence-electron chi connectivity index (χ1n) is 5.85. The maximum absolute atomic E-state index is 12.9. The molecule has 0 fully saturated rings. The van der Waals surface area contributed by atoms with Gasteiger partial charge in [-0.3, -0.25) is 0 Å². The zero-order chi connectivity index (χ0) is 14.5. The van der Waals surface area contributed by atoms with Crippen molar-refractivity contribution in [2.75, 3.05) is 13.2 Å². The molecule has 0 saturated heterocycles. The number of alkyl halides is 3. The maximum atomic E-state index is 12.9. The Bertz CT molecular complexity index is 404. The molecule has 0 spiro atoms. The Morgan fingerprint density at radius 1 is 1.32 bits per heavy atom. The number of aliphatic hydroxyl groups excluding tert-OH is 1. The van der Waals surface area contributed by atoms with Gasteiger partial charge < -0.3 is 9.84 Å². The van der Waals surface area contributed by atoms with E-state index < -0.39 is 18.9 Å². The SMILES string of the molecule is Cc1cc(F)ccc1CC(O)CCOCC(F)(F)F. The first kappa shape index (κ1) is 15.9. The average molecular weight is 280 g/mol. The largest absolute Gasteiger partial charge is 0.411 e. The van der Waals surface area contributed by atoms with Crippen molar-refractivity contribution in [2.45, 2.75) is 32.0 Å². The molecule has 1 N–H and O–H groups in total. The van der Waals surface area contributed by atoms with Crippen molar-refractivity contribution in [1.82, 2.24) is 0 Å². The second-order valence-electron chi connectivity index (χ2n) is 4.39. The normalized spacial score (nSPS) is 13.6. The molecule has 1 atom stereocenters. The monoisotopic (exact) mass is 280 g/mol. The summed E-state index contributed by atoms with van der Waals surface area (Å²) in [4.78, 5) is 0. The maximum Gasteiger partial charge on any atom is 0.411 e. The highest BCUT2D eigenvalue weighted by Gasteiger charge is 2.27. The van der Waals surface area contributed by atoms with Crippen LogP contribution < -0.4 is 0 Å². The van der Waals surface area contributed by atoms with Crippen molar-refractivity contribution < 1.29 is 27.4 Å². The number of rotatable bonds is 6. The molecule has 0 saturated carbocycles. The van der Waals surface area contributed by atoms with Crippen LogP contribution in [0.2, 0.25) is 0 Å². The standard InChI is InChI=1S/C13H16F4O2/c1-9-6-11(14)3-2-10(9)7-12(18)4-5-19-8-13(15,16)17/h2-3,6,12,18H,4-5,7-8H2,1H3. The summed E-state index contributed by atoms with van der Waals surface area (Å²) in [7, 11) is 0. The lowest BCUT2D eigenvalue weighted by atomic mass is 10.0. The van der Waals surface area contributed by atoms with Gasteiger partial charge >= 0.3 is 6.18 Å². The Hall–Kier alpha value is -1.14. The van der Waals surface area contributed by atoms with Gasteiger partial charge in [-0.15, -0.1) is 0 Å². The van der Waals surface area contributed by atoms with E-state index in [0.29, 0.717) is 5.56 Å². The van der Waals surface area contributed by atoms with Gasteiger partial charge in [0.2, 0.25) is 0 Å². The molecule has 0 aliphatic carbocycles. The van der Waals surface area contributed by atoms with E-state index in [0.717, 1.165) is 5.56 Å². The third kappa shape index (κ3) is 6.54. The van der Waals surface area contributed by atoms with E-state index in [2.05, 4.69) is 4.74 Å². The van der Waals surface area contributed by atoms with Crippen LogP contribution in [0.15, 0.2) is 18.2 Å². The Morgan fingerprint density at radius 2 is 2.00 bits per heavy atom. The van der Waals surface area contributed by atoms with Crippen LogP contribution in [0, 0.1) is 12.7 Å². The number of hydrogen-bond acceptors (Lipinski definition) is 2. The highest BCUT2D eigenvalue weighted by Crippen LogP contribution is 2.16. The molecule has 6 heteroatoms. The molecule has 1 aromatic carbocycles. The van der Waals surface area contributed by atoms with Gasteiger partial charge in [0.25, 0.3) is 0 Å². The highest BCUT2D eigenvalue weighted by atomic mass is 19.4. The van der Waals surface area contributed by atoms with Gasteiger partial charge in [-0.2, -0.15) is 13.2 Å². The van der Waals surface area contributed by atoms with Crippen LogP contribution in [-0.2, 0) is 11.2 Å². The van der Waals surface area contributed by atoms with Crippen LogP contribution in [0.1, 0.15) is 17.5 Å². The number of halogens is 4. The molecule has 19 heavy (non-hydrogen) atoms. The van der Waals surface area contributed by atoms with Crippen molar-refractivity contribution >= 4 is 0 Å². The summed E-state index contributed by atoms with van der Waals surface area (Å²) in [5, 5.41) is 9.67. The lowest BCUT2D eigenvalue weighted by Gasteiger charge is -2.13. The van der Waals surface area contributed by atoms with Gasteiger partial charge in [0.15, 0.2) is 0 Å². The lowest BCUT2D eigenvalue weighted by Crippen LogP contribution is -2.20. The van der Waals surface area contributed by atoms with Crippen LogP contribution >= 0.6 is 0 Å². The lowest BCUT2D eigenvalue weighted by molar-refractivity contribution is -0.175. The summed E-state index contributed by atoms with van der Waals surface area (Å²) in [6.07, 6.45) is -4.79. The van der Waals surface area contributed by atoms with Gasteiger partial charge in [-0.05, 0) is 43.0 Å². The third-order valence-corrected chi connectivity index (χ3v) is 2.62. The first-order chi connectivity index (χ1) is 8.78. The molecular formula is C13H16F4O2. The van der Waals surface area contributed by atoms with Gasteiger partial charge in [-0.25, -0.2) is 4.39 Å². The Labute approximate surface area is 109 Å². The van der Waals surface area contributed by atoms with E-state index in [4.69, 9.17) is 0 Å². The fraction of sp³-hybridized carbons (Fsp3) is 0.538. The van der Waals surface area contributed by atoms with Crippen LogP contribution in [0.25, 0.3) is 0 Å². The van der Waals surface area contributed by atoms with Crippen LogP contribution in [0.3, 0.4) is 0 Å².